The van der Waals surface area contributed by atoms with Crippen molar-refractivity contribution in [2.75, 3.05) is 12.3 Å². The van der Waals surface area contributed by atoms with Gasteiger partial charge >= 0.3 is 0 Å². The van der Waals surface area contributed by atoms with E-state index in [0.29, 0.717) is 5.75 Å². The summed E-state index contributed by atoms with van der Waals surface area (Å²) < 4.78 is 1.08. The van der Waals surface area contributed by atoms with E-state index >= 15 is 0 Å². The predicted molar refractivity (Wildman–Crippen MR) is 80.0 cm³/mol. The van der Waals surface area contributed by atoms with Crippen molar-refractivity contribution in [3.8, 4) is 0 Å². The summed E-state index contributed by atoms with van der Waals surface area (Å²) >= 11 is 5.05. The summed E-state index contributed by atoms with van der Waals surface area (Å²) in [5.41, 5.74) is 1.21. The van der Waals surface area contributed by atoms with Crippen LogP contribution in [0.5, 0.6) is 0 Å². The zero-order valence-electron chi connectivity index (χ0n) is 10.5. The maximum absolute atomic E-state index is 11.7. The van der Waals surface area contributed by atoms with Crippen molar-refractivity contribution < 1.29 is 4.79 Å². The molecule has 18 heavy (non-hydrogen) atoms. The number of nitrogens with one attached hydrogen (secondary N) is 1. The summed E-state index contributed by atoms with van der Waals surface area (Å²) in [6, 6.07) is 6.15. The second-order valence-electron chi connectivity index (χ2n) is 4.80. The van der Waals surface area contributed by atoms with Crippen LogP contribution in [0.2, 0.25) is 0 Å². The average Bonchev–Trinajstić information content (AvgIpc) is 2.25. The van der Waals surface area contributed by atoms with E-state index in [-0.39, 0.29) is 5.91 Å². The van der Waals surface area contributed by atoms with Gasteiger partial charge in [-0.25, -0.2) is 0 Å². The van der Waals surface area contributed by atoms with Crippen LogP contribution in [0.15, 0.2) is 27.6 Å². The minimum absolute atomic E-state index is 0.147. The van der Waals surface area contributed by atoms with E-state index in [2.05, 4.69) is 40.3 Å². The molecule has 2 rings (SSSR count). The molecule has 1 amide bonds. The summed E-state index contributed by atoms with van der Waals surface area (Å²) in [5.74, 6) is 1.39. The zero-order valence-corrected chi connectivity index (χ0v) is 12.9. The van der Waals surface area contributed by atoms with Crippen LogP contribution in [0.25, 0.3) is 0 Å². The molecule has 2 nitrogen and oxygen atoms in total. The number of amides is 1. The van der Waals surface area contributed by atoms with E-state index in [9.17, 15) is 4.79 Å². The molecule has 0 unspecified atom stereocenters. The molecule has 0 aliphatic heterocycles. The Morgan fingerprint density at radius 3 is 2.89 bits per heavy atom. The van der Waals surface area contributed by atoms with Gasteiger partial charge in [0.05, 0.1) is 5.75 Å². The summed E-state index contributed by atoms with van der Waals surface area (Å²) in [7, 11) is 0. The molecule has 1 aliphatic rings. The fourth-order valence-electron chi connectivity index (χ4n) is 1.92. The molecule has 1 N–H and O–H groups in total. The number of benzene rings is 1. The SMILES string of the molecule is Cc1cc(Br)ccc1SCC(=O)NCC1CCC1. The Bertz CT molecular complexity index is 432. The zero-order chi connectivity index (χ0) is 13.0. The summed E-state index contributed by atoms with van der Waals surface area (Å²) in [6.07, 6.45) is 3.88. The first kappa shape index (κ1) is 13.9. The number of hydrogen-bond acceptors (Lipinski definition) is 2. The molecule has 4 heteroatoms. The number of aryl methyl sites for hydroxylation is 1. The molecule has 1 fully saturated rings. The third-order valence-electron chi connectivity index (χ3n) is 3.31. The van der Waals surface area contributed by atoms with E-state index in [1.165, 1.54) is 29.7 Å². The number of hydrogen-bond donors (Lipinski definition) is 1. The lowest BCUT2D eigenvalue weighted by molar-refractivity contribution is -0.118. The standard InChI is InChI=1S/C14H18BrNOS/c1-10-7-12(15)5-6-13(10)18-9-14(17)16-8-11-3-2-4-11/h5-7,11H,2-4,8-9H2,1H3,(H,16,17). The monoisotopic (exact) mass is 327 g/mol. The molecule has 1 saturated carbocycles. The Balaban J connectivity index is 1.74. The van der Waals surface area contributed by atoms with Gasteiger partial charge in [-0.15, -0.1) is 11.8 Å². The van der Waals surface area contributed by atoms with E-state index in [4.69, 9.17) is 0 Å². The van der Waals surface area contributed by atoms with Gasteiger partial charge in [-0.1, -0.05) is 22.4 Å². The molecule has 0 spiro atoms. The average molecular weight is 328 g/mol. The first-order valence-electron chi connectivity index (χ1n) is 6.31. The van der Waals surface area contributed by atoms with Gasteiger partial charge in [-0.05, 0) is 49.4 Å². The summed E-state index contributed by atoms with van der Waals surface area (Å²) in [5, 5.41) is 3.02. The molecule has 0 saturated heterocycles. The van der Waals surface area contributed by atoms with Crippen LogP contribution in [-0.4, -0.2) is 18.2 Å². The number of halogens is 1. The lowest BCUT2D eigenvalue weighted by atomic mass is 9.85. The van der Waals surface area contributed by atoms with E-state index in [1.807, 2.05) is 6.07 Å². The molecule has 0 aromatic heterocycles. The van der Waals surface area contributed by atoms with Gasteiger partial charge in [0.25, 0.3) is 0 Å². The fourth-order valence-corrected chi connectivity index (χ4v) is 3.24. The fraction of sp³-hybridized carbons (Fsp3) is 0.500. The minimum Gasteiger partial charge on any atom is -0.355 e. The number of thioether (sulfide) groups is 1. The van der Waals surface area contributed by atoms with Gasteiger partial charge in [0.15, 0.2) is 0 Å². The molecule has 0 atom stereocenters. The van der Waals surface area contributed by atoms with Crippen LogP contribution in [0.4, 0.5) is 0 Å². The summed E-state index contributed by atoms with van der Waals surface area (Å²) in [6.45, 7) is 2.93. The van der Waals surface area contributed by atoms with Crippen LogP contribution >= 0.6 is 27.7 Å². The van der Waals surface area contributed by atoms with Crippen molar-refractivity contribution in [1.82, 2.24) is 5.32 Å². The maximum Gasteiger partial charge on any atom is 0.230 e. The predicted octanol–water partition coefficient (Wildman–Crippen LogP) is 3.77. The highest BCUT2D eigenvalue weighted by molar-refractivity contribution is 9.10. The molecule has 0 radical (unpaired) electrons. The van der Waals surface area contributed by atoms with Gasteiger partial charge in [0.2, 0.25) is 5.91 Å². The number of carbonyl (C=O) groups is 1. The highest BCUT2D eigenvalue weighted by Crippen LogP contribution is 2.26. The smallest absolute Gasteiger partial charge is 0.230 e. The third kappa shape index (κ3) is 4.02. The van der Waals surface area contributed by atoms with E-state index in [0.717, 1.165) is 16.9 Å². The van der Waals surface area contributed by atoms with Crippen LogP contribution in [-0.2, 0) is 4.79 Å². The third-order valence-corrected chi connectivity index (χ3v) is 4.98. The maximum atomic E-state index is 11.7. The lowest BCUT2D eigenvalue weighted by Crippen LogP contribution is -2.33. The number of rotatable bonds is 5. The molecular formula is C14H18BrNOS. The molecule has 1 aromatic carbocycles. The van der Waals surface area contributed by atoms with Crippen LogP contribution < -0.4 is 5.32 Å². The largest absolute Gasteiger partial charge is 0.355 e. The van der Waals surface area contributed by atoms with Gasteiger partial charge in [0, 0.05) is 15.9 Å². The van der Waals surface area contributed by atoms with Gasteiger partial charge in [-0.2, -0.15) is 0 Å². The first-order valence-corrected chi connectivity index (χ1v) is 8.08. The Hall–Kier alpha value is -0.480. The second-order valence-corrected chi connectivity index (χ2v) is 6.73. The highest BCUT2D eigenvalue weighted by atomic mass is 79.9. The van der Waals surface area contributed by atoms with E-state index < -0.39 is 0 Å². The minimum atomic E-state index is 0.147. The van der Waals surface area contributed by atoms with Crippen molar-refractivity contribution in [3.05, 3.63) is 28.2 Å². The Kier molecular flexibility index (Phi) is 5.13. The first-order chi connectivity index (χ1) is 8.65. The lowest BCUT2D eigenvalue weighted by Gasteiger charge is -2.25. The van der Waals surface area contributed by atoms with Gasteiger partial charge in [0.1, 0.15) is 0 Å². The molecular weight excluding hydrogens is 310 g/mol. The quantitative estimate of drug-likeness (QED) is 0.834. The topological polar surface area (TPSA) is 29.1 Å². The van der Waals surface area contributed by atoms with Crippen molar-refractivity contribution in [2.45, 2.75) is 31.1 Å². The van der Waals surface area contributed by atoms with Crippen LogP contribution in [0.3, 0.4) is 0 Å². The summed E-state index contributed by atoms with van der Waals surface area (Å²) in [4.78, 5) is 12.9. The van der Waals surface area contributed by atoms with Crippen LogP contribution in [0, 0.1) is 12.8 Å². The molecule has 1 aromatic rings. The highest BCUT2D eigenvalue weighted by Gasteiger charge is 2.17. The Labute approximate surface area is 121 Å². The van der Waals surface area contributed by atoms with Crippen molar-refractivity contribution in [3.63, 3.8) is 0 Å². The number of carbonyl (C=O) groups excluding carboxylic acids is 1. The van der Waals surface area contributed by atoms with Gasteiger partial charge < -0.3 is 5.32 Å². The second kappa shape index (κ2) is 6.62. The molecule has 1 aliphatic carbocycles. The van der Waals surface area contributed by atoms with Gasteiger partial charge in [-0.3, -0.25) is 4.79 Å². The van der Waals surface area contributed by atoms with Crippen molar-refractivity contribution >= 4 is 33.6 Å². The molecule has 0 heterocycles. The van der Waals surface area contributed by atoms with E-state index in [1.54, 1.807) is 11.8 Å². The normalized spacial score (nSPS) is 15.2. The van der Waals surface area contributed by atoms with Crippen LogP contribution in [0.1, 0.15) is 24.8 Å². The molecule has 0 bridgehead atoms. The molecule has 98 valence electrons. The Morgan fingerprint density at radius 2 is 2.28 bits per heavy atom. The Morgan fingerprint density at radius 1 is 1.50 bits per heavy atom. The van der Waals surface area contributed by atoms with Crippen molar-refractivity contribution in [1.29, 1.82) is 0 Å². The van der Waals surface area contributed by atoms with Crippen molar-refractivity contribution in [2.24, 2.45) is 5.92 Å².